The Morgan fingerprint density at radius 3 is 2.35 bits per heavy atom. The number of thiol groups is 1. The lowest BCUT2D eigenvalue weighted by molar-refractivity contribution is -0.108. The van der Waals surface area contributed by atoms with E-state index < -0.39 is 5.92 Å². The fourth-order valence-electron chi connectivity index (χ4n) is 1.93. The van der Waals surface area contributed by atoms with Gasteiger partial charge in [-0.2, -0.15) is 0 Å². The van der Waals surface area contributed by atoms with Crippen LogP contribution in [0.2, 0.25) is 0 Å². The SMILES string of the molecule is O=Cc1cc(C(=O)C(C=O)c2ccccc2)ccc1S. The van der Waals surface area contributed by atoms with Gasteiger partial charge in [0.15, 0.2) is 12.1 Å². The number of rotatable bonds is 5. The van der Waals surface area contributed by atoms with E-state index in [0.29, 0.717) is 34.2 Å². The van der Waals surface area contributed by atoms with Crippen LogP contribution in [0.25, 0.3) is 0 Å². The van der Waals surface area contributed by atoms with Crippen LogP contribution in [0, 0.1) is 0 Å². The number of carbonyl (C=O) groups is 3. The second-order valence-electron chi connectivity index (χ2n) is 4.28. The van der Waals surface area contributed by atoms with E-state index in [1.807, 2.05) is 6.07 Å². The van der Waals surface area contributed by atoms with Crippen LogP contribution in [0.5, 0.6) is 0 Å². The highest BCUT2D eigenvalue weighted by Gasteiger charge is 2.21. The van der Waals surface area contributed by atoms with Crippen molar-refractivity contribution in [2.45, 2.75) is 10.8 Å². The standard InChI is InChI=1S/C16H12O3S/c17-9-13-8-12(6-7-15(13)20)16(19)14(10-18)11-4-2-1-3-5-11/h1-10,14,20H. The van der Waals surface area contributed by atoms with Gasteiger partial charge in [0.1, 0.15) is 12.2 Å². The van der Waals surface area contributed by atoms with Crippen molar-refractivity contribution in [2.24, 2.45) is 0 Å². The van der Waals surface area contributed by atoms with Crippen molar-refractivity contribution in [3.05, 3.63) is 65.2 Å². The Morgan fingerprint density at radius 1 is 1.05 bits per heavy atom. The zero-order valence-corrected chi connectivity index (χ0v) is 11.4. The molecule has 0 N–H and O–H groups in total. The summed E-state index contributed by atoms with van der Waals surface area (Å²) in [5, 5.41) is 0. The summed E-state index contributed by atoms with van der Waals surface area (Å²) in [5.74, 6) is -1.19. The molecule has 0 aromatic heterocycles. The van der Waals surface area contributed by atoms with E-state index in [9.17, 15) is 14.4 Å². The van der Waals surface area contributed by atoms with Crippen molar-refractivity contribution in [3.63, 3.8) is 0 Å². The van der Waals surface area contributed by atoms with Crippen LogP contribution in [-0.2, 0) is 4.79 Å². The molecule has 2 aromatic carbocycles. The molecule has 3 nitrogen and oxygen atoms in total. The zero-order valence-electron chi connectivity index (χ0n) is 10.5. The Labute approximate surface area is 122 Å². The largest absolute Gasteiger partial charge is 0.302 e. The fourth-order valence-corrected chi connectivity index (χ4v) is 2.13. The molecule has 20 heavy (non-hydrogen) atoms. The predicted molar refractivity (Wildman–Crippen MR) is 78.7 cm³/mol. The molecule has 0 bridgehead atoms. The summed E-state index contributed by atoms with van der Waals surface area (Å²) >= 11 is 4.13. The fraction of sp³-hybridized carbons (Fsp3) is 0.0625. The monoisotopic (exact) mass is 284 g/mol. The van der Waals surface area contributed by atoms with Gasteiger partial charge >= 0.3 is 0 Å². The van der Waals surface area contributed by atoms with Crippen LogP contribution in [0.1, 0.15) is 32.2 Å². The summed E-state index contributed by atoms with van der Waals surface area (Å²) in [6.45, 7) is 0. The Kier molecular flexibility index (Phi) is 4.48. The Bertz CT molecular complexity index is 650. The van der Waals surface area contributed by atoms with E-state index >= 15 is 0 Å². The van der Waals surface area contributed by atoms with Gasteiger partial charge in [-0.25, -0.2) is 0 Å². The third kappa shape index (κ3) is 2.86. The maximum absolute atomic E-state index is 12.4. The summed E-state index contributed by atoms with van der Waals surface area (Å²) in [6.07, 6.45) is 1.25. The van der Waals surface area contributed by atoms with E-state index in [0.717, 1.165) is 0 Å². The Morgan fingerprint density at radius 2 is 1.75 bits per heavy atom. The molecular formula is C16H12O3S. The number of aldehydes is 2. The van der Waals surface area contributed by atoms with Gasteiger partial charge in [0.25, 0.3) is 0 Å². The lowest BCUT2D eigenvalue weighted by atomic mass is 9.91. The molecule has 0 aliphatic heterocycles. The molecule has 0 radical (unpaired) electrons. The quantitative estimate of drug-likeness (QED) is 0.397. The number of hydrogen-bond acceptors (Lipinski definition) is 4. The third-order valence-electron chi connectivity index (χ3n) is 3.02. The van der Waals surface area contributed by atoms with Crippen LogP contribution in [0.15, 0.2) is 53.4 Å². The highest BCUT2D eigenvalue weighted by molar-refractivity contribution is 7.80. The maximum atomic E-state index is 12.4. The van der Waals surface area contributed by atoms with Crippen molar-refractivity contribution in [1.29, 1.82) is 0 Å². The van der Waals surface area contributed by atoms with Crippen LogP contribution in [0.4, 0.5) is 0 Å². The van der Waals surface area contributed by atoms with Gasteiger partial charge in [-0.05, 0) is 17.7 Å². The molecule has 2 rings (SSSR count). The third-order valence-corrected chi connectivity index (χ3v) is 3.42. The Hall–Kier alpha value is -2.20. The van der Waals surface area contributed by atoms with Gasteiger partial charge in [0.05, 0.1) is 0 Å². The molecule has 1 unspecified atom stereocenters. The highest BCUT2D eigenvalue weighted by atomic mass is 32.1. The van der Waals surface area contributed by atoms with E-state index in [1.165, 1.54) is 6.07 Å². The molecule has 0 saturated heterocycles. The lowest BCUT2D eigenvalue weighted by Gasteiger charge is -2.10. The predicted octanol–water partition coefficient (Wildman–Crippen LogP) is 2.95. The summed E-state index contributed by atoms with van der Waals surface area (Å²) in [4.78, 5) is 35.0. The normalized spacial score (nSPS) is 11.7. The van der Waals surface area contributed by atoms with Gasteiger partial charge in [0.2, 0.25) is 0 Å². The van der Waals surface area contributed by atoms with Crippen molar-refractivity contribution in [3.8, 4) is 0 Å². The van der Waals surface area contributed by atoms with Crippen molar-refractivity contribution < 1.29 is 14.4 Å². The minimum Gasteiger partial charge on any atom is -0.302 e. The molecule has 0 aliphatic rings. The van der Waals surface area contributed by atoms with Gasteiger partial charge in [-0.15, -0.1) is 12.6 Å². The molecule has 0 saturated carbocycles. The molecule has 0 spiro atoms. The topological polar surface area (TPSA) is 51.2 Å². The molecule has 0 heterocycles. The van der Waals surface area contributed by atoms with E-state index in [4.69, 9.17) is 0 Å². The average Bonchev–Trinajstić information content (AvgIpc) is 2.49. The minimum absolute atomic E-state index is 0.325. The number of benzene rings is 2. The van der Waals surface area contributed by atoms with Crippen LogP contribution in [-0.4, -0.2) is 18.4 Å². The molecule has 4 heteroatoms. The molecule has 0 amide bonds. The first kappa shape index (κ1) is 14.2. The second kappa shape index (κ2) is 6.30. The highest BCUT2D eigenvalue weighted by Crippen LogP contribution is 2.21. The van der Waals surface area contributed by atoms with E-state index in [1.54, 1.807) is 36.4 Å². The Balaban J connectivity index is 2.39. The zero-order chi connectivity index (χ0) is 14.5. The first-order valence-corrected chi connectivity index (χ1v) is 6.44. The first-order valence-electron chi connectivity index (χ1n) is 6.00. The van der Waals surface area contributed by atoms with Crippen LogP contribution >= 0.6 is 12.6 Å². The maximum Gasteiger partial charge on any atom is 0.177 e. The molecule has 0 aliphatic carbocycles. The van der Waals surface area contributed by atoms with Gasteiger partial charge in [0, 0.05) is 16.0 Å². The number of carbonyl (C=O) groups excluding carboxylic acids is 3. The van der Waals surface area contributed by atoms with Crippen LogP contribution in [0.3, 0.4) is 0 Å². The van der Waals surface area contributed by atoms with E-state index in [2.05, 4.69) is 12.6 Å². The molecular weight excluding hydrogens is 272 g/mol. The minimum atomic E-state index is -0.860. The van der Waals surface area contributed by atoms with Crippen molar-refractivity contribution in [2.75, 3.05) is 0 Å². The molecule has 2 aromatic rings. The second-order valence-corrected chi connectivity index (χ2v) is 4.76. The summed E-state index contributed by atoms with van der Waals surface area (Å²) in [5.41, 5.74) is 1.29. The number of hydrogen-bond donors (Lipinski definition) is 1. The van der Waals surface area contributed by atoms with Crippen molar-refractivity contribution >= 4 is 31.0 Å². The van der Waals surface area contributed by atoms with Gasteiger partial charge in [-0.1, -0.05) is 36.4 Å². The van der Waals surface area contributed by atoms with Gasteiger partial charge in [-0.3, -0.25) is 9.59 Å². The number of Topliss-reactive ketones (excluding diaryl/α,β-unsaturated/α-hetero) is 1. The molecule has 1 atom stereocenters. The number of ketones is 1. The molecule has 100 valence electrons. The average molecular weight is 284 g/mol. The first-order chi connectivity index (χ1) is 9.67. The van der Waals surface area contributed by atoms with E-state index in [-0.39, 0.29) is 5.78 Å². The smallest absolute Gasteiger partial charge is 0.177 e. The summed E-state index contributed by atoms with van der Waals surface area (Å²) in [7, 11) is 0. The van der Waals surface area contributed by atoms with Crippen molar-refractivity contribution in [1.82, 2.24) is 0 Å². The molecule has 0 fully saturated rings. The summed E-state index contributed by atoms with van der Waals surface area (Å²) < 4.78 is 0. The lowest BCUT2D eigenvalue weighted by Crippen LogP contribution is -2.14. The van der Waals surface area contributed by atoms with Gasteiger partial charge < -0.3 is 4.79 Å². The van der Waals surface area contributed by atoms with Crippen LogP contribution < -0.4 is 0 Å². The summed E-state index contributed by atoms with van der Waals surface area (Å²) in [6, 6.07) is 13.4.